The molecule has 0 saturated heterocycles. The van der Waals surface area contributed by atoms with E-state index in [-0.39, 0.29) is 0 Å². The zero-order valence-electron chi connectivity index (χ0n) is 11.3. The number of hydrogen-bond acceptors (Lipinski definition) is 2. The third-order valence-electron chi connectivity index (χ3n) is 2.57. The molecule has 0 fully saturated rings. The van der Waals surface area contributed by atoms with Crippen LogP contribution >= 0.6 is 37.3 Å². The monoisotopic (exact) mass is 678 g/mol. The fourth-order valence-corrected chi connectivity index (χ4v) is 15.5. The first-order valence-corrected chi connectivity index (χ1v) is 26.9. The van der Waals surface area contributed by atoms with E-state index in [4.69, 9.17) is 13.0 Å². The summed E-state index contributed by atoms with van der Waals surface area (Å²) in [6, 6.07) is 21.8. The summed E-state index contributed by atoms with van der Waals surface area (Å²) in [4.78, 5) is 0. The SMILES string of the molecule is O=S(=O)(O)C(F)(F)F.[I][Sn]([I])([c]1ccccc1)[c]1ccccc1. The van der Waals surface area contributed by atoms with E-state index in [1.54, 1.807) is 7.16 Å². The molecule has 0 aliphatic heterocycles. The predicted octanol–water partition coefficient (Wildman–Crippen LogP) is 3.51. The third-order valence-corrected chi connectivity index (χ3v) is 25.9. The molecule has 0 aromatic heterocycles. The van der Waals surface area contributed by atoms with E-state index in [1.165, 1.54) is 0 Å². The second kappa shape index (κ2) is 8.67. The Morgan fingerprint density at radius 1 is 0.826 bits per heavy atom. The molecule has 0 aliphatic carbocycles. The van der Waals surface area contributed by atoms with Gasteiger partial charge in [-0.05, 0) is 0 Å². The van der Waals surface area contributed by atoms with Crippen LogP contribution in [0.25, 0.3) is 0 Å². The molecule has 0 atom stereocenters. The maximum absolute atomic E-state index is 10.7. The van der Waals surface area contributed by atoms with Crippen LogP contribution in [0.2, 0.25) is 0 Å². The maximum atomic E-state index is 10.7. The van der Waals surface area contributed by atoms with Crippen molar-refractivity contribution in [1.82, 2.24) is 0 Å². The standard InChI is InChI=1S/2C6H5.CHF3O3S.2HI.Sn/c2*1-2-4-6-5-3-1;2-1(3,4)8(5,6)7;;;/h2*1-5H;(H,5,6,7);2*1H;/q;;;;;+2/p-2. The van der Waals surface area contributed by atoms with Crippen molar-refractivity contribution < 1.29 is 26.1 Å². The molecular weight excluding hydrogens is 666 g/mol. The van der Waals surface area contributed by atoms with Gasteiger partial charge in [-0.2, -0.15) is 21.6 Å². The summed E-state index contributed by atoms with van der Waals surface area (Å²) in [6.07, 6.45) is 0. The molecular formula is C13H11F3I2O3SSn. The minimum atomic E-state index is -5.84. The van der Waals surface area contributed by atoms with Gasteiger partial charge >= 0.3 is 131 Å². The van der Waals surface area contributed by atoms with Gasteiger partial charge in [-0.15, -0.1) is 0 Å². The summed E-state index contributed by atoms with van der Waals surface area (Å²) < 4.78 is 60.6. The molecule has 23 heavy (non-hydrogen) atoms. The Kier molecular flexibility index (Phi) is 8.08. The number of rotatable bonds is 2. The van der Waals surface area contributed by atoms with Crippen LogP contribution in [-0.4, -0.2) is 28.9 Å². The van der Waals surface area contributed by atoms with E-state index in [1.807, 2.05) is 0 Å². The second-order valence-electron chi connectivity index (χ2n) is 4.23. The molecule has 2 aromatic rings. The van der Waals surface area contributed by atoms with Crippen molar-refractivity contribution in [2.75, 3.05) is 0 Å². The van der Waals surface area contributed by atoms with Crippen molar-refractivity contribution in [1.29, 1.82) is 0 Å². The van der Waals surface area contributed by atoms with Crippen LogP contribution in [-0.2, 0) is 10.1 Å². The van der Waals surface area contributed by atoms with Gasteiger partial charge in [0.1, 0.15) is 0 Å². The van der Waals surface area contributed by atoms with Gasteiger partial charge in [0.05, 0.1) is 0 Å². The number of alkyl halides is 3. The van der Waals surface area contributed by atoms with Crippen molar-refractivity contribution in [2.24, 2.45) is 0 Å². The van der Waals surface area contributed by atoms with Crippen LogP contribution < -0.4 is 7.16 Å². The van der Waals surface area contributed by atoms with Gasteiger partial charge in [-0.25, -0.2) is 0 Å². The molecule has 0 heterocycles. The van der Waals surface area contributed by atoms with Crippen LogP contribution in [0.1, 0.15) is 0 Å². The molecule has 0 spiro atoms. The molecule has 0 bridgehead atoms. The summed E-state index contributed by atoms with van der Waals surface area (Å²) >= 11 is 5.41. The Morgan fingerprint density at radius 2 is 1.09 bits per heavy atom. The summed E-state index contributed by atoms with van der Waals surface area (Å²) in [5.41, 5.74) is -5.53. The molecule has 3 nitrogen and oxygen atoms in total. The van der Waals surface area contributed by atoms with Crippen LogP contribution in [0.5, 0.6) is 0 Å². The first-order chi connectivity index (χ1) is 10.5. The van der Waals surface area contributed by atoms with Gasteiger partial charge in [0.25, 0.3) is 0 Å². The zero-order valence-corrected chi connectivity index (χ0v) is 19.3. The van der Waals surface area contributed by atoms with E-state index in [0.717, 1.165) is 0 Å². The van der Waals surface area contributed by atoms with E-state index in [9.17, 15) is 13.2 Å². The first kappa shape index (κ1) is 21.4. The van der Waals surface area contributed by atoms with Crippen LogP contribution in [0.4, 0.5) is 13.2 Å². The predicted molar refractivity (Wildman–Crippen MR) is 104 cm³/mol. The van der Waals surface area contributed by atoms with E-state index in [2.05, 4.69) is 97.9 Å². The molecule has 2 aromatic carbocycles. The van der Waals surface area contributed by atoms with Gasteiger partial charge in [-0.1, -0.05) is 0 Å². The van der Waals surface area contributed by atoms with E-state index < -0.39 is 26.1 Å². The average Bonchev–Trinajstić information content (AvgIpc) is 2.48. The Morgan fingerprint density at radius 3 is 1.30 bits per heavy atom. The van der Waals surface area contributed by atoms with Crippen LogP contribution in [0, 0.1) is 0 Å². The van der Waals surface area contributed by atoms with E-state index >= 15 is 0 Å². The number of hydrogen-bond donors (Lipinski definition) is 1. The van der Waals surface area contributed by atoms with Crippen LogP contribution in [0.3, 0.4) is 0 Å². The van der Waals surface area contributed by atoms with Crippen molar-refractivity contribution >= 4 is 65.0 Å². The van der Waals surface area contributed by atoms with Crippen molar-refractivity contribution in [3.05, 3.63) is 60.7 Å². The molecule has 0 aliphatic rings. The Labute approximate surface area is 155 Å². The van der Waals surface area contributed by atoms with Crippen LogP contribution in [0.15, 0.2) is 60.7 Å². The molecule has 1 N–H and O–H groups in total. The minimum absolute atomic E-state index is 1.54. The van der Waals surface area contributed by atoms with E-state index in [0.29, 0.717) is 0 Å². The van der Waals surface area contributed by atoms with Crippen molar-refractivity contribution in [3.8, 4) is 0 Å². The molecule has 10 heteroatoms. The molecule has 0 saturated carbocycles. The summed E-state index contributed by atoms with van der Waals surface area (Å²) in [5, 5.41) is 0. The summed E-state index contributed by atoms with van der Waals surface area (Å²) in [6.45, 7) is 0. The summed E-state index contributed by atoms with van der Waals surface area (Å²) in [5.74, 6) is 0. The zero-order chi connectivity index (χ0) is 17.7. The second-order valence-corrected chi connectivity index (χ2v) is 47.8. The Bertz CT molecular complexity index is 682. The average molecular weight is 677 g/mol. The van der Waals surface area contributed by atoms with Crippen molar-refractivity contribution in [2.45, 2.75) is 5.51 Å². The molecule has 0 radical (unpaired) electrons. The normalized spacial score (nSPS) is 12.3. The first-order valence-electron chi connectivity index (χ1n) is 5.99. The van der Waals surface area contributed by atoms with Gasteiger partial charge in [-0.3, -0.25) is 4.55 Å². The molecule has 0 unspecified atom stereocenters. The fraction of sp³-hybridized carbons (Fsp3) is 0.0769. The Hall–Kier alpha value is 0.399. The third kappa shape index (κ3) is 6.66. The van der Waals surface area contributed by atoms with Crippen molar-refractivity contribution in [3.63, 3.8) is 0 Å². The van der Waals surface area contributed by atoms with Gasteiger partial charge < -0.3 is 0 Å². The fourth-order valence-electron chi connectivity index (χ4n) is 1.46. The Balaban J connectivity index is 0.000000284. The quantitative estimate of drug-likeness (QED) is 0.230. The number of benzene rings is 2. The van der Waals surface area contributed by atoms with Gasteiger partial charge in [0.2, 0.25) is 0 Å². The van der Waals surface area contributed by atoms with Gasteiger partial charge in [0, 0.05) is 0 Å². The van der Waals surface area contributed by atoms with Gasteiger partial charge in [0.15, 0.2) is 0 Å². The topological polar surface area (TPSA) is 54.4 Å². The summed E-state index contributed by atoms with van der Waals surface area (Å²) in [7, 11) is -8.14. The molecule has 2 rings (SSSR count). The molecule has 0 amide bonds. The number of halogens is 5. The molecule has 126 valence electrons.